The quantitative estimate of drug-likeness (QED) is 0.889. The number of halogens is 1. The van der Waals surface area contributed by atoms with Crippen LogP contribution in [0.5, 0.6) is 0 Å². The third-order valence-electron chi connectivity index (χ3n) is 3.45. The van der Waals surface area contributed by atoms with Gasteiger partial charge in [0.15, 0.2) is 0 Å². The maximum atomic E-state index is 11.6. The van der Waals surface area contributed by atoms with Crippen molar-refractivity contribution >= 4 is 37.3 Å². The second-order valence-electron chi connectivity index (χ2n) is 5.01. The Morgan fingerprint density at radius 3 is 2.95 bits per heavy atom. The topological polar surface area (TPSA) is 57.6 Å². The average molecular weight is 368 g/mol. The molecular formula is C12H18BrNO3S2. The molecule has 0 radical (unpaired) electrons. The largest absolute Gasteiger partial charge is 0.388 e. The third-order valence-corrected chi connectivity index (χ3v) is 6.70. The van der Waals surface area contributed by atoms with E-state index in [0.29, 0.717) is 19.5 Å². The van der Waals surface area contributed by atoms with Crippen molar-refractivity contribution < 1.29 is 13.5 Å². The van der Waals surface area contributed by atoms with Gasteiger partial charge in [0.05, 0.1) is 12.4 Å². The van der Waals surface area contributed by atoms with Gasteiger partial charge in [0.2, 0.25) is 10.0 Å². The van der Waals surface area contributed by atoms with Crippen LogP contribution in [0, 0.1) is 5.92 Å². The second-order valence-corrected chi connectivity index (χ2v) is 8.80. The van der Waals surface area contributed by atoms with Crippen LogP contribution in [0.4, 0.5) is 0 Å². The number of nitrogens with zero attached hydrogens (tertiary/aromatic N) is 1. The number of piperidine rings is 1. The van der Waals surface area contributed by atoms with E-state index in [9.17, 15) is 13.5 Å². The van der Waals surface area contributed by atoms with Crippen molar-refractivity contribution in [3.8, 4) is 0 Å². The van der Waals surface area contributed by atoms with E-state index in [4.69, 9.17) is 0 Å². The van der Waals surface area contributed by atoms with Gasteiger partial charge in [-0.25, -0.2) is 12.7 Å². The Kier molecular flexibility index (Phi) is 5.05. The molecule has 0 amide bonds. The Labute approximate surface area is 126 Å². The van der Waals surface area contributed by atoms with Crippen LogP contribution in [0.3, 0.4) is 0 Å². The van der Waals surface area contributed by atoms with Gasteiger partial charge < -0.3 is 5.11 Å². The predicted molar refractivity (Wildman–Crippen MR) is 80.7 cm³/mol. The Morgan fingerprint density at radius 1 is 1.63 bits per heavy atom. The number of aliphatic hydroxyl groups excluding tert-OH is 1. The fraction of sp³-hybridized carbons (Fsp3) is 0.667. The molecule has 7 heteroatoms. The highest BCUT2D eigenvalue weighted by molar-refractivity contribution is 9.10. The molecule has 2 atom stereocenters. The third kappa shape index (κ3) is 4.01. The van der Waals surface area contributed by atoms with Crippen LogP contribution in [0.15, 0.2) is 15.9 Å². The van der Waals surface area contributed by atoms with E-state index in [2.05, 4.69) is 15.9 Å². The highest BCUT2D eigenvalue weighted by Gasteiger charge is 2.28. The lowest BCUT2D eigenvalue weighted by Crippen LogP contribution is -2.39. The first-order chi connectivity index (χ1) is 8.88. The van der Waals surface area contributed by atoms with Crippen LogP contribution in [0.1, 0.15) is 30.2 Å². The van der Waals surface area contributed by atoms with Gasteiger partial charge in [0.1, 0.15) is 0 Å². The molecule has 1 N–H and O–H groups in total. The lowest BCUT2D eigenvalue weighted by Gasteiger charge is -2.31. The molecule has 108 valence electrons. The van der Waals surface area contributed by atoms with Crippen molar-refractivity contribution in [2.75, 3.05) is 19.3 Å². The zero-order valence-electron chi connectivity index (χ0n) is 10.8. The number of rotatable bonds is 4. The summed E-state index contributed by atoms with van der Waals surface area (Å²) in [5.41, 5.74) is 0. The number of hydrogen-bond donors (Lipinski definition) is 1. The number of sulfonamides is 1. The lowest BCUT2D eigenvalue weighted by molar-refractivity contribution is 0.125. The van der Waals surface area contributed by atoms with Gasteiger partial charge in [-0.3, -0.25) is 0 Å². The van der Waals surface area contributed by atoms with Gasteiger partial charge in [-0.15, -0.1) is 11.3 Å². The molecule has 0 aromatic carbocycles. The summed E-state index contributed by atoms with van der Waals surface area (Å²) in [5, 5.41) is 12.2. The van der Waals surface area contributed by atoms with Crippen molar-refractivity contribution in [2.24, 2.45) is 5.92 Å². The molecule has 1 aromatic heterocycles. The van der Waals surface area contributed by atoms with Crippen LogP contribution in [-0.2, 0) is 10.0 Å². The van der Waals surface area contributed by atoms with Crippen LogP contribution >= 0.6 is 27.3 Å². The van der Waals surface area contributed by atoms with Crippen LogP contribution in [-0.4, -0.2) is 37.2 Å². The van der Waals surface area contributed by atoms with E-state index in [0.717, 1.165) is 22.2 Å². The minimum Gasteiger partial charge on any atom is -0.388 e. The Bertz CT molecular complexity index is 529. The molecule has 0 aliphatic carbocycles. The summed E-state index contributed by atoms with van der Waals surface area (Å²) in [5.74, 6) is 0.229. The molecule has 1 aromatic rings. The van der Waals surface area contributed by atoms with E-state index in [1.54, 1.807) is 0 Å². The van der Waals surface area contributed by atoms with Crippen LogP contribution in [0.25, 0.3) is 0 Å². The van der Waals surface area contributed by atoms with Crippen LogP contribution < -0.4 is 0 Å². The van der Waals surface area contributed by atoms with E-state index < -0.39 is 16.1 Å². The minimum absolute atomic E-state index is 0.229. The van der Waals surface area contributed by atoms with E-state index in [-0.39, 0.29) is 5.92 Å². The summed E-state index contributed by atoms with van der Waals surface area (Å²) >= 11 is 4.94. The molecule has 1 fully saturated rings. The molecule has 1 aliphatic heterocycles. The zero-order valence-corrected chi connectivity index (χ0v) is 14.0. The molecule has 4 nitrogen and oxygen atoms in total. The van der Waals surface area contributed by atoms with E-state index in [1.165, 1.54) is 21.9 Å². The molecule has 0 bridgehead atoms. The molecule has 1 saturated heterocycles. The van der Waals surface area contributed by atoms with Crippen molar-refractivity contribution in [2.45, 2.75) is 25.4 Å². The summed E-state index contributed by atoms with van der Waals surface area (Å²) in [4.78, 5) is 0.927. The maximum Gasteiger partial charge on any atom is 0.211 e. The monoisotopic (exact) mass is 367 g/mol. The highest BCUT2D eigenvalue weighted by atomic mass is 79.9. The van der Waals surface area contributed by atoms with Crippen molar-refractivity contribution in [1.82, 2.24) is 4.31 Å². The van der Waals surface area contributed by atoms with Crippen LogP contribution in [0.2, 0.25) is 0 Å². The summed E-state index contributed by atoms with van der Waals surface area (Å²) in [7, 11) is -3.11. The molecule has 2 rings (SSSR count). The molecule has 0 spiro atoms. The number of aliphatic hydroxyl groups is 1. The fourth-order valence-corrected chi connectivity index (χ4v) is 5.07. The van der Waals surface area contributed by atoms with Gasteiger partial charge in [0.25, 0.3) is 0 Å². The van der Waals surface area contributed by atoms with Gasteiger partial charge in [-0.1, -0.05) is 0 Å². The Hall–Kier alpha value is 0.0500. The Morgan fingerprint density at radius 2 is 2.37 bits per heavy atom. The molecular weight excluding hydrogens is 350 g/mol. The van der Waals surface area contributed by atoms with Gasteiger partial charge in [0, 0.05) is 22.4 Å². The van der Waals surface area contributed by atoms with Crippen molar-refractivity contribution in [1.29, 1.82) is 0 Å². The zero-order chi connectivity index (χ0) is 14.0. The van der Waals surface area contributed by atoms with E-state index >= 15 is 0 Å². The second kappa shape index (κ2) is 6.22. The minimum atomic E-state index is -3.11. The average Bonchev–Trinajstić information content (AvgIpc) is 2.75. The van der Waals surface area contributed by atoms with Gasteiger partial charge in [-0.2, -0.15) is 0 Å². The molecule has 1 aliphatic rings. The Balaban J connectivity index is 1.98. The normalized spacial score (nSPS) is 23.4. The first kappa shape index (κ1) is 15.4. The summed E-state index contributed by atoms with van der Waals surface area (Å²) in [6.07, 6.45) is 3.20. The SMILES string of the molecule is CS(=O)(=O)N1CCCC(CC(O)c2sccc2Br)C1. The molecule has 2 heterocycles. The molecule has 2 unspecified atom stereocenters. The highest BCUT2D eigenvalue weighted by Crippen LogP contribution is 2.34. The predicted octanol–water partition coefficient (Wildman–Crippen LogP) is 2.61. The maximum absolute atomic E-state index is 11.6. The van der Waals surface area contributed by atoms with Crippen molar-refractivity contribution in [3.05, 3.63) is 20.8 Å². The summed E-state index contributed by atoms with van der Waals surface area (Å²) in [6.45, 7) is 1.13. The smallest absolute Gasteiger partial charge is 0.211 e. The summed E-state index contributed by atoms with van der Waals surface area (Å²) < 4.78 is 25.6. The number of hydrogen-bond acceptors (Lipinski definition) is 4. The van der Waals surface area contributed by atoms with Crippen molar-refractivity contribution in [3.63, 3.8) is 0 Å². The molecule has 19 heavy (non-hydrogen) atoms. The number of thiophene rings is 1. The van der Waals surface area contributed by atoms with E-state index in [1.807, 2.05) is 11.4 Å². The standard InChI is InChI=1S/C12H18BrNO3S2/c1-19(16,17)14-5-2-3-9(8-14)7-11(15)12-10(13)4-6-18-12/h4,6,9,11,15H,2-3,5,7-8H2,1H3. The summed E-state index contributed by atoms with van der Waals surface area (Å²) in [6, 6.07) is 1.92. The first-order valence-corrected chi connectivity index (χ1v) is 9.76. The van der Waals surface area contributed by atoms with Gasteiger partial charge >= 0.3 is 0 Å². The molecule has 0 saturated carbocycles. The van der Waals surface area contributed by atoms with Gasteiger partial charge in [-0.05, 0) is 52.6 Å². The lowest BCUT2D eigenvalue weighted by atomic mass is 9.93. The fourth-order valence-electron chi connectivity index (χ4n) is 2.49. The first-order valence-electron chi connectivity index (χ1n) is 6.24.